The van der Waals surface area contributed by atoms with Crippen LogP contribution in [0.25, 0.3) is 0 Å². The molecule has 11 nitrogen and oxygen atoms in total. The van der Waals surface area contributed by atoms with Gasteiger partial charge in [0.05, 0.1) is 12.6 Å². The Kier molecular flexibility index (Phi) is 15.4. The van der Waals surface area contributed by atoms with Crippen molar-refractivity contribution < 1.29 is 24.0 Å². The second-order valence-corrected chi connectivity index (χ2v) is 8.02. The highest BCUT2D eigenvalue weighted by molar-refractivity contribution is 7.80. The number of thiocarbonyl (C=S) groups is 1. The number of nitrogens with one attached hydrogen (secondary N) is 4. The standard InChI is InChI=1S/C20H36N6O5S/c1-14(13-27)11-18(30)26(3)10-5-4-8-23-20(32)24-12-17(29)25-16(15(2)28)7-6-9-22-19(21)31/h13-14,16H,4-12H2,1-3H3,(H,25,29)(H3,21,22,31)(H2,23,24,32). The van der Waals surface area contributed by atoms with Crippen molar-refractivity contribution in [1.82, 2.24) is 26.2 Å². The number of ketones is 1. The van der Waals surface area contributed by atoms with Crippen molar-refractivity contribution in [1.29, 1.82) is 0 Å². The molecule has 0 aliphatic rings. The largest absolute Gasteiger partial charge is 0.363 e. The van der Waals surface area contributed by atoms with E-state index in [2.05, 4.69) is 21.3 Å². The fraction of sp³-hybridized carbons (Fsp3) is 0.700. The second kappa shape index (κ2) is 16.9. The van der Waals surface area contributed by atoms with Crippen LogP contribution in [-0.4, -0.2) is 79.2 Å². The second-order valence-electron chi connectivity index (χ2n) is 7.61. The number of hydrogen-bond acceptors (Lipinski definition) is 6. The Balaban J connectivity index is 4.01. The van der Waals surface area contributed by atoms with Crippen LogP contribution in [0, 0.1) is 5.92 Å². The Morgan fingerprint density at radius 1 is 1.06 bits per heavy atom. The molecule has 12 heteroatoms. The lowest BCUT2D eigenvalue weighted by molar-refractivity contribution is -0.132. The number of carbonyl (C=O) groups excluding carboxylic acids is 5. The van der Waals surface area contributed by atoms with E-state index in [-0.39, 0.29) is 36.5 Å². The summed E-state index contributed by atoms with van der Waals surface area (Å²) < 4.78 is 0. The van der Waals surface area contributed by atoms with Crippen LogP contribution in [0.1, 0.15) is 46.0 Å². The number of rotatable bonds is 16. The van der Waals surface area contributed by atoms with Crippen LogP contribution < -0.4 is 27.0 Å². The van der Waals surface area contributed by atoms with Crippen LogP contribution in [0.5, 0.6) is 0 Å². The quantitative estimate of drug-likeness (QED) is 0.113. The van der Waals surface area contributed by atoms with Crippen LogP contribution in [-0.2, 0) is 19.2 Å². The Bertz CT molecular complexity index is 660. The molecule has 4 amide bonds. The third-order valence-electron chi connectivity index (χ3n) is 4.56. The van der Waals surface area contributed by atoms with Gasteiger partial charge in [-0.15, -0.1) is 0 Å². The van der Waals surface area contributed by atoms with E-state index in [0.29, 0.717) is 37.6 Å². The normalized spacial score (nSPS) is 12.1. The highest BCUT2D eigenvalue weighted by Crippen LogP contribution is 2.02. The lowest BCUT2D eigenvalue weighted by atomic mass is 10.1. The van der Waals surface area contributed by atoms with E-state index in [4.69, 9.17) is 18.0 Å². The summed E-state index contributed by atoms with van der Waals surface area (Å²) in [4.78, 5) is 58.5. The summed E-state index contributed by atoms with van der Waals surface area (Å²) in [5.41, 5.74) is 4.98. The maximum atomic E-state index is 12.1. The number of hydrogen-bond donors (Lipinski definition) is 5. The molecule has 0 aromatic heterocycles. The van der Waals surface area contributed by atoms with Gasteiger partial charge >= 0.3 is 6.03 Å². The number of amides is 4. The molecule has 0 aromatic carbocycles. The first-order valence-corrected chi connectivity index (χ1v) is 11.0. The van der Waals surface area contributed by atoms with Crippen molar-refractivity contribution in [3.63, 3.8) is 0 Å². The van der Waals surface area contributed by atoms with E-state index in [1.165, 1.54) is 6.92 Å². The Morgan fingerprint density at radius 2 is 1.72 bits per heavy atom. The molecule has 0 aliphatic heterocycles. The summed E-state index contributed by atoms with van der Waals surface area (Å²) in [5.74, 6) is -0.894. The van der Waals surface area contributed by atoms with Gasteiger partial charge in [-0.3, -0.25) is 14.4 Å². The molecule has 0 radical (unpaired) electrons. The van der Waals surface area contributed by atoms with E-state index < -0.39 is 12.1 Å². The SMILES string of the molecule is CC(=O)C(CCCNC(N)=O)NC(=O)CNC(=S)NCCCCN(C)C(=O)CC(C)C=O. The molecule has 32 heavy (non-hydrogen) atoms. The molecule has 0 saturated carbocycles. The molecular weight excluding hydrogens is 436 g/mol. The van der Waals surface area contributed by atoms with Gasteiger partial charge in [-0.2, -0.15) is 0 Å². The Labute approximate surface area is 194 Å². The molecular formula is C20H36N6O5S. The fourth-order valence-corrected chi connectivity index (χ4v) is 2.82. The third-order valence-corrected chi connectivity index (χ3v) is 4.85. The minimum Gasteiger partial charge on any atom is -0.363 e. The molecule has 6 N–H and O–H groups in total. The van der Waals surface area contributed by atoms with Crippen LogP contribution in [0.3, 0.4) is 0 Å². The monoisotopic (exact) mass is 472 g/mol. The molecule has 0 heterocycles. The highest BCUT2D eigenvalue weighted by Gasteiger charge is 2.17. The van der Waals surface area contributed by atoms with Gasteiger partial charge in [0.1, 0.15) is 6.29 Å². The summed E-state index contributed by atoms with van der Waals surface area (Å²) in [6, 6.07) is -1.28. The number of primary amides is 1. The zero-order chi connectivity index (χ0) is 24.5. The lowest BCUT2D eigenvalue weighted by Crippen LogP contribution is -2.47. The van der Waals surface area contributed by atoms with E-state index in [9.17, 15) is 24.0 Å². The summed E-state index contributed by atoms with van der Waals surface area (Å²) in [6.07, 6.45) is 3.39. The fourth-order valence-electron chi connectivity index (χ4n) is 2.64. The van der Waals surface area contributed by atoms with Gasteiger partial charge in [0.2, 0.25) is 11.8 Å². The molecule has 2 atom stereocenters. The Hall–Kier alpha value is -2.76. The zero-order valence-corrected chi connectivity index (χ0v) is 19.9. The van der Waals surface area contributed by atoms with Crippen molar-refractivity contribution >= 4 is 47.2 Å². The summed E-state index contributed by atoms with van der Waals surface area (Å²) in [7, 11) is 1.71. The van der Waals surface area contributed by atoms with Crippen LogP contribution in [0.15, 0.2) is 0 Å². The maximum Gasteiger partial charge on any atom is 0.312 e. The average molecular weight is 473 g/mol. The molecule has 0 aromatic rings. The predicted molar refractivity (Wildman–Crippen MR) is 125 cm³/mol. The molecule has 182 valence electrons. The number of unbranched alkanes of at least 4 members (excludes halogenated alkanes) is 1. The lowest BCUT2D eigenvalue weighted by Gasteiger charge is -2.18. The predicted octanol–water partition coefficient (Wildman–Crippen LogP) is -0.563. The number of carbonyl (C=O) groups is 5. The first-order chi connectivity index (χ1) is 15.1. The molecule has 0 bridgehead atoms. The van der Waals surface area contributed by atoms with Crippen LogP contribution >= 0.6 is 12.2 Å². The zero-order valence-electron chi connectivity index (χ0n) is 19.1. The first-order valence-electron chi connectivity index (χ1n) is 10.6. The molecule has 0 aliphatic carbocycles. The Morgan fingerprint density at radius 3 is 2.31 bits per heavy atom. The molecule has 0 spiro atoms. The highest BCUT2D eigenvalue weighted by atomic mass is 32.1. The number of nitrogens with two attached hydrogens (primary N) is 1. The van der Waals surface area contributed by atoms with Gasteiger partial charge < -0.3 is 36.7 Å². The van der Waals surface area contributed by atoms with Crippen LogP contribution in [0.4, 0.5) is 4.79 Å². The van der Waals surface area contributed by atoms with Crippen molar-refractivity contribution in [2.45, 2.75) is 52.0 Å². The average Bonchev–Trinajstić information content (AvgIpc) is 2.73. The topological polar surface area (TPSA) is 163 Å². The van der Waals surface area contributed by atoms with Crippen molar-refractivity contribution in [2.24, 2.45) is 11.7 Å². The van der Waals surface area contributed by atoms with E-state index >= 15 is 0 Å². The van der Waals surface area contributed by atoms with Crippen molar-refractivity contribution in [2.75, 3.05) is 33.2 Å². The van der Waals surface area contributed by atoms with Crippen molar-refractivity contribution in [3.05, 3.63) is 0 Å². The van der Waals surface area contributed by atoms with E-state index in [0.717, 1.165) is 19.1 Å². The number of aldehydes is 1. The van der Waals surface area contributed by atoms with Crippen LogP contribution in [0.2, 0.25) is 0 Å². The minimum absolute atomic E-state index is 0.0613. The van der Waals surface area contributed by atoms with Gasteiger partial charge in [-0.05, 0) is 44.8 Å². The number of nitrogens with zero attached hydrogens (tertiary/aromatic N) is 1. The minimum atomic E-state index is -0.644. The maximum absolute atomic E-state index is 12.1. The van der Waals surface area contributed by atoms with Crippen molar-refractivity contribution in [3.8, 4) is 0 Å². The summed E-state index contributed by atoms with van der Waals surface area (Å²) in [5, 5.41) is 11.1. The van der Waals surface area contributed by atoms with E-state index in [1.807, 2.05) is 0 Å². The number of urea groups is 1. The van der Waals surface area contributed by atoms with Gasteiger partial charge in [0, 0.05) is 39.0 Å². The number of Topliss-reactive ketones (excluding diaryl/α,β-unsaturated/α-hetero) is 1. The molecule has 0 fully saturated rings. The van der Waals surface area contributed by atoms with E-state index in [1.54, 1.807) is 18.9 Å². The molecule has 2 unspecified atom stereocenters. The van der Waals surface area contributed by atoms with Gasteiger partial charge in [0.25, 0.3) is 0 Å². The van der Waals surface area contributed by atoms with Gasteiger partial charge in [-0.25, -0.2) is 4.79 Å². The molecule has 0 saturated heterocycles. The molecule has 0 rings (SSSR count). The smallest absolute Gasteiger partial charge is 0.312 e. The van der Waals surface area contributed by atoms with Gasteiger partial charge in [0.15, 0.2) is 10.9 Å². The third kappa shape index (κ3) is 15.1. The summed E-state index contributed by atoms with van der Waals surface area (Å²) >= 11 is 5.13. The van der Waals surface area contributed by atoms with Gasteiger partial charge in [-0.1, -0.05) is 6.92 Å². The first kappa shape index (κ1) is 29.2. The summed E-state index contributed by atoms with van der Waals surface area (Å²) in [6.45, 7) is 4.49.